The van der Waals surface area contributed by atoms with Crippen LogP contribution < -0.4 is 14.8 Å². The van der Waals surface area contributed by atoms with Gasteiger partial charge in [0.05, 0.1) is 18.1 Å². The van der Waals surface area contributed by atoms with Crippen molar-refractivity contribution in [3.8, 4) is 11.5 Å². The van der Waals surface area contributed by atoms with E-state index in [9.17, 15) is 19.7 Å². The number of rotatable bonds is 8. The molecule has 1 amide bonds. The van der Waals surface area contributed by atoms with Crippen molar-refractivity contribution in [1.82, 2.24) is 0 Å². The van der Waals surface area contributed by atoms with Crippen LogP contribution in [0.1, 0.15) is 6.92 Å². The Hall–Kier alpha value is -3.33. The SMILES string of the molecule is COc1ccc(NC(=O)COC(=O)[C@@H](C)Oc2ccc(Cl)cc2)c([N+](=O)[O-])c1. The number of hydrogen-bond acceptors (Lipinski definition) is 7. The molecule has 28 heavy (non-hydrogen) atoms. The molecule has 0 aliphatic carbocycles. The van der Waals surface area contributed by atoms with Gasteiger partial charge in [-0.05, 0) is 43.3 Å². The van der Waals surface area contributed by atoms with Crippen LogP contribution in [0.3, 0.4) is 0 Å². The lowest BCUT2D eigenvalue weighted by atomic mass is 10.2. The summed E-state index contributed by atoms with van der Waals surface area (Å²) in [6.07, 6.45) is -0.968. The molecule has 0 unspecified atom stereocenters. The molecule has 0 aromatic heterocycles. The van der Waals surface area contributed by atoms with Crippen molar-refractivity contribution in [2.45, 2.75) is 13.0 Å². The van der Waals surface area contributed by atoms with E-state index in [-0.39, 0.29) is 17.1 Å². The van der Waals surface area contributed by atoms with Crippen LogP contribution in [-0.2, 0) is 14.3 Å². The minimum Gasteiger partial charge on any atom is -0.496 e. The highest BCUT2D eigenvalue weighted by atomic mass is 35.5. The molecule has 1 atom stereocenters. The van der Waals surface area contributed by atoms with Crippen LogP contribution in [0.25, 0.3) is 0 Å². The zero-order valence-electron chi connectivity index (χ0n) is 15.0. The van der Waals surface area contributed by atoms with Gasteiger partial charge in [-0.25, -0.2) is 4.79 Å². The number of nitrogens with one attached hydrogen (secondary N) is 1. The number of nitro groups is 1. The Labute approximate surface area is 165 Å². The predicted octanol–water partition coefficient (Wildman–Crippen LogP) is 3.21. The number of nitrogens with zero attached hydrogens (tertiary/aromatic N) is 1. The number of methoxy groups -OCH3 is 1. The Bertz CT molecular complexity index is 871. The Morgan fingerprint density at radius 3 is 2.43 bits per heavy atom. The van der Waals surface area contributed by atoms with Crippen LogP contribution in [-0.4, -0.2) is 36.6 Å². The summed E-state index contributed by atoms with van der Waals surface area (Å²) in [5, 5.41) is 14.0. The van der Waals surface area contributed by atoms with Gasteiger partial charge in [0, 0.05) is 5.02 Å². The zero-order chi connectivity index (χ0) is 20.7. The Balaban J connectivity index is 1.90. The van der Waals surface area contributed by atoms with Crippen LogP contribution in [0.2, 0.25) is 5.02 Å². The van der Waals surface area contributed by atoms with Crippen molar-refractivity contribution >= 4 is 34.9 Å². The molecular formula is C18H17ClN2O7. The van der Waals surface area contributed by atoms with Crippen LogP contribution in [0, 0.1) is 10.1 Å². The van der Waals surface area contributed by atoms with Gasteiger partial charge in [0.1, 0.15) is 17.2 Å². The maximum absolute atomic E-state index is 12.0. The van der Waals surface area contributed by atoms with Gasteiger partial charge in [-0.15, -0.1) is 0 Å². The summed E-state index contributed by atoms with van der Waals surface area (Å²) in [6.45, 7) is 0.833. The van der Waals surface area contributed by atoms with E-state index in [0.717, 1.165) is 0 Å². The van der Waals surface area contributed by atoms with Crippen molar-refractivity contribution < 1.29 is 28.7 Å². The number of nitro benzene ring substituents is 1. The lowest BCUT2D eigenvalue weighted by Crippen LogP contribution is -2.29. The maximum Gasteiger partial charge on any atom is 0.347 e. The molecule has 0 aliphatic rings. The first-order chi connectivity index (χ1) is 13.3. The highest BCUT2D eigenvalue weighted by molar-refractivity contribution is 6.30. The van der Waals surface area contributed by atoms with Gasteiger partial charge in [0.15, 0.2) is 12.7 Å². The lowest BCUT2D eigenvalue weighted by Gasteiger charge is -2.14. The van der Waals surface area contributed by atoms with E-state index < -0.39 is 29.5 Å². The molecule has 0 aliphatic heterocycles. The second kappa shape index (κ2) is 9.56. The van der Waals surface area contributed by atoms with Crippen molar-refractivity contribution in [3.63, 3.8) is 0 Å². The topological polar surface area (TPSA) is 117 Å². The first kappa shape index (κ1) is 21.0. The summed E-state index contributed by atoms with van der Waals surface area (Å²) in [5.41, 5.74) is -0.393. The van der Waals surface area contributed by atoms with Gasteiger partial charge in [-0.1, -0.05) is 11.6 Å². The largest absolute Gasteiger partial charge is 0.496 e. The molecule has 0 fully saturated rings. The van der Waals surface area contributed by atoms with E-state index in [0.29, 0.717) is 10.8 Å². The van der Waals surface area contributed by atoms with Gasteiger partial charge in [0.2, 0.25) is 0 Å². The van der Waals surface area contributed by atoms with E-state index in [4.69, 9.17) is 25.8 Å². The molecule has 148 valence electrons. The monoisotopic (exact) mass is 408 g/mol. The summed E-state index contributed by atoms with van der Waals surface area (Å²) in [7, 11) is 1.37. The van der Waals surface area contributed by atoms with E-state index in [1.807, 2.05) is 0 Å². The number of esters is 1. The molecule has 2 aromatic rings. The van der Waals surface area contributed by atoms with Gasteiger partial charge < -0.3 is 19.5 Å². The fourth-order valence-electron chi connectivity index (χ4n) is 2.10. The second-order valence-electron chi connectivity index (χ2n) is 5.51. The molecule has 0 spiro atoms. The first-order valence-electron chi connectivity index (χ1n) is 8.01. The minimum absolute atomic E-state index is 0.0442. The highest BCUT2D eigenvalue weighted by Gasteiger charge is 2.20. The lowest BCUT2D eigenvalue weighted by molar-refractivity contribution is -0.384. The molecular weight excluding hydrogens is 392 g/mol. The van der Waals surface area contributed by atoms with Gasteiger partial charge in [-0.2, -0.15) is 0 Å². The third-order valence-electron chi connectivity index (χ3n) is 3.48. The Kier molecular flexibility index (Phi) is 7.16. The standard InChI is InChI=1S/C18H17ClN2O7/c1-11(28-13-5-3-12(19)4-6-13)18(23)27-10-17(22)20-15-8-7-14(26-2)9-16(15)21(24)25/h3-9,11H,10H2,1-2H3,(H,20,22)/t11-/m1/s1. The molecule has 0 saturated carbocycles. The predicted molar refractivity (Wildman–Crippen MR) is 101 cm³/mol. The van der Waals surface area contributed by atoms with Crippen LogP contribution >= 0.6 is 11.6 Å². The number of amides is 1. The summed E-state index contributed by atoms with van der Waals surface area (Å²) in [6, 6.07) is 10.3. The quantitative estimate of drug-likeness (QED) is 0.405. The van der Waals surface area contributed by atoms with E-state index in [1.165, 1.54) is 32.2 Å². The van der Waals surface area contributed by atoms with Gasteiger partial charge in [0.25, 0.3) is 11.6 Å². The molecule has 1 N–H and O–H groups in total. The summed E-state index contributed by atoms with van der Waals surface area (Å²) in [4.78, 5) is 34.4. The zero-order valence-corrected chi connectivity index (χ0v) is 15.8. The van der Waals surface area contributed by atoms with Crippen LogP contribution in [0.4, 0.5) is 11.4 Å². The first-order valence-corrected chi connectivity index (χ1v) is 8.39. The third kappa shape index (κ3) is 5.85. The fourth-order valence-corrected chi connectivity index (χ4v) is 2.23. The van der Waals surface area contributed by atoms with Gasteiger partial charge in [-0.3, -0.25) is 14.9 Å². The number of halogens is 1. The van der Waals surface area contributed by atoms with E-state index in [1.54, 1.807) is 24.3 Å². The number of carbonyl (C=O) groups excluding carboxylic acids is 2. The maximum atomic E-state index is 12.0. The molecule has 10 heteroatoms. The molecule has 0 bridgehead atoms. The van der Waals surface area contributed by atoms with E-state index >= 15 is 0 Å². The number of anilines is 1. The summed E-state index contributed by atoms with van der Waals surface area (Å²) >= 11 is 5.77. The summed E-state index contributed by atoms with van der Waals surface area (Å²) in [5.74, 6) is -0.828. The number of hydrogen-bond donors (Lipinski definition) is 1. The van der Waals surface area contributed by atoms with Crippen molar-refractivity contribution in [1.29, 1.82) is 0 Å². The van der Waals surface area contributed by atoms with E-state index in [2.05, 4.69) is 5.32 Å². The number of benzene rings is 2. The average molecular weight is 409 g/mol. The normalized spacial score (nSPS) is 11.2. The fraction of sp³-hybridized carbons (Fsp3) is 0.222. The average Bonchev–Trinajstić information content (AvgIpc) is 2.67. The number of carbonyl (C=O) groups is 2. The Morgan fingerprint density at radius 2 is 1.82 bits per heavy atom. The minimum atomic E-state index is -0.968. The van der Waals surface area contributed by atoms with Crippen molar-refractivity contribution in [2.75, 3.05) is 19.0 Å². The second-order valence-corrected chi connectivity index (χ2v) is 5.95. The van der Waals surface area contributed by atoms with Crippen molar-refractivity contribution in [2.24, 2.45) is 0 Å². The molecule has 0 radical (unpaired) electrons. The molecule has 2 rings (SSSR count). The highest BCUT2D eigenvalue weighted by Crippen LogP contribution is 2.28. The Morgan fingerprint density at radius 1 is 1.18 bits per heavy atom. The van der Waals surface area contributed by atoms with Crippen LogP contribution in [0.15, 0.2) is 42.5 Å². The smallest absolute Gasteiger partial charge is 0.347 e. The molecule has 0 heterocycles. The van der Waals surface area contributed by atoms with Gasteiger partial charge >= 0.3 is 5.97 Å². The van der Waals surface area contributed by atoms with Crippen LogP contribution in [0.5, 0.6) is 11.5 Å². The third-order valence-corrected chi connectivity index (χ3v) is 3.73. The molecule has 2 aromatic carbocycles. The summed E-state index contributed by atoms with van der Waals surface area (Å²) < 4.78 is 15.2. The van der Waals surface area contributed by atoms with Crippen molar-refractivity contribution in [3.05, 3.63) is 57.6 Å². The molecule has 0 saturated heterocycles. The molecule has 9 nitrogen and oxygen atoms in total. The number of ether oxygens (including phenoxy) is 3.